The Hall–Kier alpha value is -7.41. The standard InChI is InChI=1S/C51H29N3O2S/c1-3-11-30(12-4-1)32-21-25-38-46(29-32)57-45-20-10-16-35(48(38)45)33-23-26-42-40(27-33)47-39(17-9-19-43(47)55-42)51-53-49(31-13-5-2-6-14-31)52-50(54-51)34-22-24-37-36-15-7-8-18-41(36)56-44(37)28-34/h1-29H. The summed E-state index contributed by atoms with van der Waals surface area (Å²) >= 11 is 1.84. The number of hydrogen-bond acceptors (Lipinski definition) is 6. The molecular formula is C51H29N3O2S. The van der Waals surface area contributed by atoms with Gasteiger partial charge < -0.3 is 8.83 Å². The lowest BCUT2D eigenvalue weighted by Gasteiger charge is -2.09. The van der Waals surface area contributed by atoms with E-state index in [0.29, 0.717) is 17.5 Å². The van der Waals surface area contributed by atoms with Gasteiger partial charge in [0, 0.05) is 58.4 Å². The number of fused-ring (bicyclic) bond motifs is 9. The summed E-state index contributed by atoms with van der Waals surface area (Å²) in [6, 6.07) is 61.0. The van der Waals surface area contributed by atoms with Gasteiger partial charge in [-0.15, -0.1) is 11.3 Å². The molecular weight excluding hydrogens is 719 g/mol. The molecule has 12 aromatic rings. The lowest BCUT2D eigenvalue weighted by atomic mass is 9.96. The molecule has 6 heteroatoms. The molecule has 0 aliphatic carbocycles. The smallest absolute Gasteiger partial charge is 0.164 e. The van der Waals surface area contributed by atoms with Crippen LogP contribution in [0.5, 0.6) is 0 Å². The van der Waals surface area contributed by atoms with Gasteiger partial charge in [-0.05, 0) is 70.8 Å². The SMILES string of the molecule is c1ccc(-c2ccc3c(c2)sc2cccc(-c4ccc5oc6cccc(-c7nc(-c8ccccc8)nc(-c8ccc9c(c8)oc8ccccc89)n7)c6c5c4)c23)cc1. The molecule has 0 aliphatic heterocycles. The van der Waals surface area contributed by atoms with Crippen molar-refractivity contribution in [3.8, 4) is 56.4 Å². The third-order valence-corrected chi connectivity index (χ3v) is 12.1. The first-order chi connectivity index (χ1) is 28.2. The monoisotopic (exact) mass is 747 g/mol. The van der Waals surface area contributed by atoms with Gasteiger partial charge in [-0.25, -0.2) is 15.0 Å². The first kappa shape index (κ1) is 31.9. The van der Waals surface area contributed by atoms with Gasteiger partial charge in [0.05, 0.1) is 0 Å². The van der Waals surface area contributed by atoms with Crippen LogP contribution >= 0.6 is 11.3 Å². The fourth-order valence-electron chi connectivity index (χ4n) is 8.26. The third-order valence-electron chi connectivity index (χ3n) is 11.0. The molecule has 8 aromatic carbocycles. The number of nitrogens with zero attached hydrogens (tertiary/aromatic N) is 3. The van der Waals surface area contributed by atoms with E-state index in [0.717, 1.165) is 66.1 Å². The molecule has 0 unspecified atom stereocenters. The Labute approximate surface area is 330 Å². The van der Waals surface area contributed by atoms with E-state index in [2.05, 4.69) is 109 Å². The molecule has 0 saturated heterocycles. The number of hydrogen-bond donors (Lipinski definition) is 0. The largest absolute Gasteiger partial charge is 0.456 e. The first-order valence-electron chi connectivity index (χ1n) is 18.9. The van der Waals surface area contributed by atoms with E-state index < -0.39 is 0 Å². The van der Waals surface area contributed by atoms with Crippen molar-refractivity contribution >= 4 is 75.4 Å². The summed E-state index contributed by atoms with van der Waals surface area (Å²) in [5.41, 5.74) is 10.6. The number of aromatic nitrogens is 3. The second-order valence-corrected chi connectivity index (χ2v) is 15.4. The highest BCUT2D eigenvalue weighted by Gasteiger charge is 2.20. The highest BCUT2D eigenvalue weighted by Crippen LogP contribution is 2.44. The van der Waals surface area contributed by atoms with Gasteiger partial charge in [-0.1, -0.05) is 127 Å². The normalized spacial score (nSPS) is 11.9. The summed E-state index contributed by atoms with van der Waals surface area (Å²) < 4.78 is 15.3. The van der Waals surface area contributed by atoms with E-state index in [4.69, 9.17) is 23.8 Å². The molecule has 0 N–H and O–H groups in total. The summed E-state index contributed by atoms with van der Waals surface area (Å²) in [4.78, 5) is 15.3. The third kappa shape index (κ3) is 5.19. The van der Waals surface area contributed by atoms with Crippen molar-refractivity contribution in [1.82, 2.24) is 15.0 Å². The Morgan fingerprint density at radius 2 is 0.947 bits per heavy atom. The number of rotatable bonds is 5. The van der Waals surface area contributed by atoms with Crippen molar-refractivity contribution in [2.24, 2.45) is 0 Å². The Kier molecular flexibility index (Phi) is 7.03. The Bertz CT molecular complexity index is 3530. The van der Waals surface area contributed by atoms with Crippen LogP contribution in [0.4, 0.5) is 0 Å². The van der Waals surface area contributed by atoms with Crippen LogP contribution in [0.3, 0.4) is 0 Å². The topological polar surface area (TPSA) is 65.0 Å². The fourth-order valence-corrected chi connectivity index (χ4v) is 9.44. The van der Waals surface area contributed by atoms with E-state index in [1.165, 1.54) is 36.9 Å². The van der Waals surface area contributed by atoms with Crippen LogP contribution in [0, 0.1) is 0 Å². The Balaban J connectivity index is 1.04. The molecule has 0 atom stereocenters. The summed E-state index contributed by atoms with van der Waals surface area (Å²) in [6.07, 6.45) is 0. The molecule has 266 valence electrons. The highest BCUT2D eigenvalue weighted by atomic mass is 32.1. The lowest BCUT2D eigenvalue weighted by molar-refractivity contribution is 0.668. The minimum absolute atomic E-state index is 0.568. The van der Waals surface area contributed by atoms with Gasteiger partial charge in [-0.2, -0.15) is 0 Å². The average Bonchev–Trinajstić information content (AvgIpc) is 3.97. The van der Waals surface area contributed by atoms with Crippen molar-refractivity contribution in [3.63, 3.8) is 0 Å². The van der Waals surface area contributed by atoms with Crippen LogP contribution in [0.1, 0.15) is 0 Å². The predicted octanol–water partition coefficient (Wildman–Crippen LogP) is 14.4. The second-order valence-electron chi connectivity index (χ2n) is 14.3. The van der Waals surface area contributed by atoms with Crippen LogP contribution in [-0.2, 0) is 0 Å². The minimum Gasteiger partial charge on any atom is -0.456 e. The zero-order valence-electron chi connectivity index (χ0n) is 30.3. The van der Waals surface area contributed by atoms with Crippen molar-refractivity contribution in [1.29, 1.82) is 0 Å². The van der Waals surface area contributed by atoms with Gasteiger partial charge >= 0.3 is 0 Å². The van der Waals surface area contributed by atoms with Gasteiger partial charge in [-0.3, -0.25) is 0 Å². The van der Waals surface area contributed by atoms with E-state index >= 15 is 0 Å². The van der Waals surface area contributed by atoms with Crippen molar-refractivity contribution < 1.29 is 8.83 Å². The highest BCUT2D eigenvalue weighted by molar-refractivity contribution is 7.26. The van der Waals surface area contributed by atoms with Crippen LogP contribution in [-0.4, -0.2) is 15.0 Å². The van der Waals surface area contributed by atoms with Crippen LogP contribution in [0.25, 0.3) is 120 Å². The molecule has 0 aliphatic rings. The van der Waals surface area contributed by atoms with Crippen molar-refractivity contribution in [2.75, 3.05) is 0 Å². The van der Waals surface area contributed by atoms with E-state index in [-0.39, 0.29) is 0 Å². The molecule has 0 saturated carbocycles. The summed E-state index contributed by atoms with van der Waals surface area (Å²) in [5, 5.41) is 6.64. The molecule has 5 nitrogen and oxygen atoms in total. The first-order valence-corrected chi connectivity index (χ1v) is 19.7. The second kappa shape index (κ2) is 12.6. The summed E-state index contributed by atoms with van der Waals surface area (Å²) in [5.74, 6) is 1.73. The summed E-state index contributed by atoms with van der Waals surface area (Å²) in [7, 11) is 0. The minimum atomic E-state index is 0.568. The molecule has 0 amide bonds. The lowest BCUT2D eigenvalue weighted by Crippen LogP contribution is -2.00. The van der Waals surface area contributed by atoms with Crippen LogP contribution in [0.15, 0.2) is 185 Å². The maximum absolute atomic E-state index is 6.53. The fraction of sp³-hybridized carbons (Fsp3) is 0. The Morgan fingerprint density at radius 3 is 1.82 bits per heavy atom. The maximum atomic E-state index is 6.53. The summed E-state index contributed by atoms with van der Waals surface area (Å²) in [6.45, 7) is 0. The number of thiophene rings is 1. The molecule has 0 spiro atoms. The molecule has 4 aromatic heterocycles. The molecule has 0 fully saturated rings. The molecule has 12 rings (SSSR count). The average molecular weight is 748 g/mol. The molecule has 0 radical (unpaired) electrons. The van der Waals surface area contributed by atoms with E-state index in [9.17, 15) is 0 Å². The van der Waals surface area contributed by atoms with Crippen LogP contribution in [0.2, 0.25) is 0 Å². The van der Waals surface area contributed by atoms with Gasteiger partial charge in [0.25, 0.3) is 0 Å². The molecule has 0 bridgehead atoms. The van der Waals surface area contributed by atoms with Crippen molar-refractivity contribution in [2.45, 2.75) is 0 Å². The van der Waals surface area contributed by atoms with E-state index in [1.54, 1.807) is 0 Å². The number of benzene rings is 8. The predicted molar refractivity (Wildman–Crippen MR) is 234 cm³/mol. The van der Waals surface area contributed by atoms with Gasteiger partial charge in [0.2, 0.25) is 0 Å². The quantitative estimate of drug-likeness (QED) is 0.175. The van der Waals surface area contributed by atoms with E-state index in [1.807, 2.05) is 78.1 Å². The van der Waals surface area contributed by atoms with Gasteiger partial charge in [0.1, 0.15) is 22.3 Å². The van der Waals surface area contributed by atoms with Crippen molar-refractivity contribution in [3.05, 3.63) is 176 Å². The molecule has 57 heavy (non-hydrogen) atoms. The zero-order valence-corrected chi connectivity index (χ0v) is 31.1. The zero-order chi connectivity index (χ0) is 37.5. The molecule has 4 heterocycles. The van der Waals surface area contributed by atoms with Gasteiger partial charge in [0.15, 0.2) is 17.5 Å². The maximum Gasteiger partial charge on any atom is 0.164 e. The number of furan rings is 2. The number of para-hydroxylation sites is 1. The van der Waals surface area contributed by atoms with Crippen LogP contribution < -0.4 is 0 Å². The Morgan fingerprint density at radius 1 is 0.316 bits per heavy atom.